The predicted octanol–water partition coefficient (Wildman–Crippen LogP) is 2.79. The number of benzene rings is 1. The van der Waals surface area contributed by atoms with Gasteiger partial charge in [-0.05, 0) is 47.8 Å². The Morgan fingerprint density at radius 1 is 1.29 bits per heavy atom. The molecule has 0 saturated heterocycles. The Labute approximate surface area is 103 Å². The molecular weight excluding hydrogens is 210 g/mol. The van der Waals surface area contributed by atoms with Gasteiger partial charge in [0.05, 0.1) is 0 Å². The quantitative estimate of drug-likeness (QED) is 0.850. The first-order valence-corrected chi connectivity index (χ1v) is 6.48. The molecular formula is C15H21NO. The molecule has 1 unspecified atom stereocenters. The summed E-state index contributed by atoms with van der Waals surface area (Å²) < 4.78 is 0. The molecule has 0 heterocycles. The summed E-state index contributed by atoms with van der Waals surface area (Å²) >= 11 is 0. The highest BCUT2D eigenvalue weighted by atomic mass is 16.1. The lowest BCUT2D eigenvalue weighted by Crippen LogP contribution is -2.18. The van der Waals surface area contributed by atoms with Crippen molar-refractivity contribution in [2.24, 2.45) is 11.7 Å². The highest BCUT2D eigenvalue weighted by Crippen LogP contribution is 2.31. The monoisotopic (exact) mass is 231 g/mol. The van der Waals surface area contributed by atoms with Crippen molar-refractivity contribution in [3.63, 3.8) is 0 Å². The van der Waals surface area contributed by atoms with Crippen LogP contribution in [0.15, 0.2) is 18.2 Å². The van der Waals surface area contributed by atoms with E-state index in [4.69, 9.17) is 5.73 Å². The third-order valence-corrected chi connectivity index (χ3v) is 3.78. The molecule has 1 aliphatic rings. The van der Waals surface area contributed by atoms with Gasteiger partial charge >= 0.3 is 0 Å². The van der Waals surface area contributed by atoms with Crippen molar-refractivity contribution in [2.75, 3.05) is 0 Å². The van der Waals surface area contributed by atoms with Gasteiger partial charge in [-0.15, -0.1) is 0 Å². The molecule has 2 rings (SSSR count). The molecule has 0 spiro atoms. The van der Waals surface area contributed by atoms with Crippen molar-refractivity contribution < 1.29 is 4.79 Å². The van der Waals surface area contributed by atoms with Gasteiger partial charge in [-0.3, -0.25) is 4.79 Å². The van der Waals surface area contributed by atoms with E-state index in [1.165, 1.54) is 36.0 Å². The molecule has 17 heavy (non-hydrogen) atoms. The SMILES string of the molecule is CC(C)C(CC(N)=O)c1ccc2c(c1)CCC2. The van der Waals surface area contributed by atoms with E-state index in [0.717, 1.165) is 0 Å². The first-order valence-electron chi connectivity index (χ1n) is 6.48. The molecule has 0 bridgehead atoms. The maximum Gasteiger partial charge on any atom is 0.218 e. The average molecular weight is 231 g/mol. The van der Waals surface area contributed by atoms with Crippen LogP contribution in [0.5, 0.6) is 0 Å². The molecule has 0 aliphatic heterocycles. The van der Waals surface area contributed by atoms with Crippen LogP contribution in [0.2, 0.25) is 0 Å². The van der Waals surface area contributed by atoms with E-state index in [2.05, 4.69) is 32.0 Å². The summed E-state index contributed by atoms with van der Waals surface area (Å²) in [4.78, 5) is 11.1. The summed E-state index contributed by atoms with van der Waals surface area (Å²) in [7, 11) is 0. The van der Waals surface area contributed by atoms with Gasteiger partial charge in [0.1, 0.15) is 0 Å². The van der Waals surface area contributed by atoms with E-state index in [1.54, 1.807) is 0 Å². The number of nitrogens with two attached hydrogens (primary N) is 1. The van der Waals surface area contributed by atoms with E-state index in [0.29, 0.717) is 12.3 Å². The van der Waals surface area contributed by atoms with Gasteiger partial charge in [0.2, 0.25) is 5.91 Å². The zero-order chi connectivity index (χ0) is 12.4. The number of primary amides is 1. The van der Waals surface area contributed by atoms with Crippen LogP contribution in [-0.2, 0) is 17.6 Å². The maximum atomic E-state index is 11.1. The Kier molecular flexibility index (Phi) is 3.51. The molecule has 1 aliphatic carbocycles. The van der Waals surface area contributed by atoms with Crippen molar-refractivity contribution in [3.8, 4) is 0 Å². The molecule has 0 fully saturated rings. The van der Waals surface area contributed by atoms with Gasteiger partial charge in [0.15, 0.2) is 0 Å². The zero-order valence-corrected chi connectivity index (χ0v) is 10.7. The fraction of sp³-hybridized carbons (Fsp3) is 0.533. The third kappa shape index (κ3) is 2.68. The van der Waals surface area contributed by atoms with Gasteiger partial charge < -0.3 is 5.73 Å². The van der Waals surface area contributed by atoms with Crippen LogP contribution in [0.4, 0.5) is 0 Å². The van der Waals surface area contributed by atoms with Gasteiger partial charge in [0, 0.05) is 6.42 Å². The minimum Gasteiger partial charge on any atom is -0.370 e. The van der Waals surface area contributed by atoms with Crippen LogP contribution in [0.25, 0.3) is 0 Å². The topological polar surface area (TPSA) is 43.1 Å². The van der Waals surface area contributed by atoms with Crippen molar-refractivity contribution in [1.82, 2.24) is 0 Å². The molecule has 2 N–H and O–H groups in total. The Balaban J connectivity index is 2.27. The molecule has 1 aromatic carbocycles. The summed E-state index contributed by atoms with van der Waals surface area (Å²) in [5.41, 5.74) is 9.57. The lowest BCUT2D eigenvalue weighted by Gasteiger charge is -2.20. The van der Waals surface area contributed by atoms with E-state index >= 15 is 0 Å². The van der Waals surface area contributed by atoms with E-state index in [1.807, 2.05) is 0 Å². The second kappa shape index (κ2) is 4.91. The van der Waals surface area contributed by atoms with Crippen LogP contribution in [0.1, 0.15) is 49.3 Å². The zero-order valence-electron chi connectivity index (χ0n) is 10.7. The molecule has 1 atom stereocenters. The molecule has 0 radical (unpaired) electrons. The van der Waals surface area contributed by atoms with Crippen LogP contribution in [0, 0.1) is 5.92 Å². The number of rotatable bonds is 4. The van der Waals surface area contributed by atoms with Crippen molar-refractivity contribution in [1.29, 1.82) is 0 Å². The molecule has 0 aromatic heterocycles. The van der Waals surface area contributed by atoms with Crippen LogP contribution in [-0.4, -0.2) is 5.91 Å². The van der Waals surface area contributed by atoms with Gasteiger partial charge in [0.25, 0.3) is 0 Å². The van der Waals surface area contributed by atoms with Gasteiger partial charge in [-0.25, -0.2) is 0 Å². The first-order chi connectivity index (χ1) is 8.08. The smallest absolute Gasteiger partial charge is 0.218 e. The third-order valence-electron chi connectivity index (χ3n) is 3.78. The lowest BCUT2D eigenvalue weighted by molar-refractivity contribution is -0.118. The Bertz CT molecular complexity index is 423. The molecule has 2 nitrogen and oxygen atoms in total. The number of carbonyl (C=O) groups is 1. The standard InChI is InChI=1S/C15H21NO/c1-10(2)14(9-15(16)17)13-7-6-11-4-3-5-12(11)8-13/h6-8,10,14H,3-5,9H2,1-2H3,(H2,16,17). The Morgan fingerprint density at radius 2 is 2.00 bits per heavy atom. The summed E-state index contributed by atoms with van der Waals surface area (Å²) in [5, 5.41) is 0. The lowest BCUT2D eigenvalue weighted by atomic mass is 9.84. The van der Waals surface area contributed by atoms with Crippen molar-refractivity contribution in [3.05, 3.63) is 34.9 Å². The molecule has 92 valence electrons. The van der Waals surface area contributed by atoms with Gasteiger partial charge in [-0.2, -0.15) is 0 Å². The highest BCUT2D eigenvalue weighted by Gasteiger charge is 2.20. The Hall–Kier alpha value is -1.31. The highest BCUT2D eigenvalue weighted by molar-refractivity contribution is 5.74. The molecule has 2 heteroatoms. The number of carbonyl (C=O) groups excluding carboxylic acids is 1. The summed E-state index contributed by atoms with van der Waals surface area (Å²) in [6.45, 7) is 4.31. The molecule has 1 amide bonds. The summed E-state index contributed by atoms with van der Waals surface area (Å²) in [5.74, 6) is 0.504. The number of fused-ring (bicyclic) bond motifs is 1. The normalized spacial score (nSPS) is 15.9. The molecule has 1 aromatic rings. The second-order valence-electron chi connectivity index (χ2n) is 5.40. The fourth-order valence-electron chi connectivity index (χ4n) is 2.78. The average Bonchev–Trinajstić information content (AvgIpc) is 2.72. The number of aryl methyl sites for hydroxylation is 2. The van der Waals surface area contributed by atoms with Crippen molar-refractivity contribution in [2.45, 2.75) is 45.4 Å². The van der Waals surface area contributed by atoms with Crippen molar-refractivity contribution >= 4 is 5.91 Å². The number of hydrogen-bond donors (Lipinski definition) is 1. The molecule has 0 saturated carbocycles. The van der Waals surface area contributed by atoms with Crippen LogP contribution in [0.3, 0.4) is 0 Å². The minimum absolute atomic E-state index is 0.204. The minimum atomic E-state index is -0.204. The largest absolute Gasteiger partial charge is 0.370 e. The first kappa shape index (κ1) is 12.2. The summed E-state index contributed by atoms with van der Waals surface area (Å²) in [6, 6.07) is 6.70. The fourth-order valence-corrected chi connectivity index (χ4v) is 2.78. The summed E-state index contributed by atoms with van der Waals surface area (Å²) in [6.07, 6.45) is 4.11. The number of hydrogen-bond acceptors (Lipinski definition) is 1. The predicted molar refractivity (Wildman–Crippen MR) is 69.9 cm³/mol. The van der Waals surface area contributed by atoms with E-state index < -0.39 is 0 Å². The number of amides is 1. The second-order valence-corrected chi connectivity index (χ2v) is 5.40. The van der Waals surface area contributed by atoms with Gasteiger partial charge in [-0.1, -0.05) is 32.0 Å². The van der Waals surface area contributed by atoms with E-state index in [-0.39, 0.29) is 11.8 Å². The van der Waals surface area contributed by atoms with Crippen LogP contribution >= 0.6 is 0 Å². The Morgan fingerprint density at radius 3 is 2.65 bits per heavy atom. The van der Waals surface area contributed by atoms with E-state index in [9.17, 15) is 4.79 Å². The maximum absolute atomic E-state index is 11.1. The van der Waals surface area contributed by atoms with Crippen LogP contribution < -0.4 is 5.73 Å².